The van der Waals surface area contributed by atoms with E-state index in [2.05, 4.69) is 15.0 Å². The van der Waals surface area contributed by atoms with E-state index in [0.717, 1.165) is 18.5 Å². The second kappa shape index (κ2) is 7.18. The van der Waals surface area contributed by atoms with Crippen LogP contribution in [0, 0.1) is 0 Å². The van der Waals surface area contributed by atoms with Gasteiger partial charge >= 0.3 is 0 Å². The molecule has 0 atom stereocenters. The van der Waals surface area contributed by atoms with E-state index in [9.17, 15) is 8.42 Å². The van der Waals surface area contributed by atoms with E-state index in [1.165, 1.54) is 10.6 Å². The van der Waals surface area contributed by atoms with Gasteiger partial charge in [0.1, 0.15) is 0 Å². The third-order valence-corrected chi connectivity index (χ3v) is 5.50. The van der Waals surface area contributed by atoms with Gasteiger partial charge in [-0.3, -0.25) is 4.90 Å². The first-order valence-electron chi connectivity index (χ1n) is 7.68. The number of hydrogen-bond donors (Lipinski definition) is 0. The van der Waals surface area contributed by atoms with Gasteiger partial charge < -0.3 is 4.52 Å². The summed E-state index contributed by atoms with van der Waals surface area (Å²) in [7, 11) is -3.14. The van der Waals surface area contributed by atoms with E-state index >= 15 is 0 Å². The zero-order chi connectivity index (χ0) is 17.2. The molecule has 0 aliphatic carbocycles. The standard InChI is InChI=1S/C15H19ClN4O3S/c1-24(21,22)20-8-2-7-19(9-10-20)11-14-17-15(18-23-14)12-3-5-13(16)6-4-12/h3-6H,2,7-11H2,1H3. The molecule has 3 rings (SSSR count). The summed E-state index contributed by atoms with van der Waals surface area (Å²) in [6.45, 7) is 2.99. The van der Waals surface area contributed by atoms with Crippen LogP contribution in [0.2, 0.25) is 5.02 Å². The average Bonchev–Trinajstić information content (AvgIpc) is 2.84. The third kappa shape index (κ3) is 4.32. The van der Waals surface area contributed by atoms with Crippen LogP contribution in [0.1, 0.15) is 12.3 Å². The average molecular weight is 371 g/mol. The number of sulfonamides is 1. The van der Waals surface area contributed by atoms with Crippen LogP contribution in [0.4, 0.5) is 0 Å². The Morgan fingerprint density at radius 2 is 1.92 bits per heavy atom. The van der Waals surface area contributed by atoms with Crippen LogP contribution in [0.5, 0.6) is 0 Å². The summed E-state index contributed by atoms with van der Waals surface area (Å²) in [5, 5.41) is 4.65. The summed E-state index contributed by atoms with van der Waals surface area (Å²) in [5.74, 6) is 1.04. The van der Waals surface area contributed by atoms with Crippen molar-refractivity contribution >= 4 is 21.6 Å². The Morgan fingerprint density at radius 1 is 1.17 bits per heavy atom. The zero-order valence-electron chi connectivity index (χ0n) is 13.4. The summed E-state index contributed by atoms with van der Waals surface area (Å²) in [6, 6.07) is 7.24. The predicted octanol–water partition coefficient (Wildman–Crippen LogP) is 1.86. The van der Waals surface area contributed by atoms with Crippen molar-refractivity contribution in [1.82, 2.24) is 19.3 Å². The van der Waals surface area contributed by atoms with Gasteiger partial charge in [0.25, 0.3) is 0 Å². The Morgan fingerprint density at radius 3 is 2.62 bits per heavy atom. The summed E-state index contributed by atoms with van der Waals surface area (Å²) >= 11 is 5.87. The maximum absolute atomic E-state index is 11.6. The molecule has 0 N–H and O–H groups in total. The van der Waals surface area contributed by atoms with E-state index in [4.69, 9.17) is 16.1 Å². The molecule has 0 amide bonds. The number of halogens is 1. The minimum absolute atomic E-state index is 0.483. The minimum Gasteiger partial charge on any atom is -0.338 e. The fourth-order valence-corrected chi connectivity index (χ4v) is 3.66. The van der Waals surface area contributed by atoms with Crippen LogP contribution in [0.3, 0.4) is 0 Å². The molecule has 1 aromatic carbocycles. The Bertz CT molecular complexity index is 791. The van der Waals surface area contributed by atoms with E-state index < -0.39 is 10.0 Å². The highest BCUT2D eigenvalue weighted by Crippen LogP contribution is 2.19. The highest BCUT2D eigenvalue weighted by molar-refractivity contribution is 7.88. The number of rotatable bonds is 4. The smallest absolute Gasteiger partial charge is 0.241 e. The predicted molar refractivity (Wildman–Crippen MR) is 91.1 cm³/mol. The van der Waals surface area contributed by atoms with Gasteiger partial charge in [0.2, 0.25) is 21.7 Å². The molecule has 1 saturated heterocycles. The third-order valence-electron chi connectivity index (χ3n) is 3.95. The molecule has 0 unspecified atom stereocenters. The molecule has 7 nitrogen and oxygen atoms in total. The van der Waals surface area contributed by atoms with Crippen LogP contribution in [-0.2, 0) is 16.6 Å². The summed E-state index contributed by atoms with van der Waals surface area (Å²) < 4.78 is 30.1. The molecule has 1 aromatic heterocycles. The largest absolute Gasteiger partial charge is 0.338 e. The lowest BCUT2D eigenvalue weighted by molar-refractivity contribution is 0.236. The van der Waals surface area contributed by atoms with Crippen molar-refractivity contribution < 1.29 is 12.9 Å². The maximum atomic E-state index is 11.6. The van der Waals surface area contributed by atoms with Gasteiger partial charge in [-0.25, -0.2) is 12.7 Å². The van der Waals surface area contributed by atoms with Crippen molar-refractivity contribution in [3.8, 4) is 11.4 Å². The molecule has 1 fully saturated rings. The van der Waals surface area contributed by atoms with Crippen LogP contribution >= 0.6 is 11.6 Å². The summed E-state index contributed by atoms with van der Waals surface area (Å²) in [4.78, 5) is 6.54. The van der Waals surface area contributed by atoms with E-state index in [0.29, 0.717) is 42.9 Å². The molecule has 0 saturated carbocycles. The first-order chi connectivity index (χ1) is 11.4. The number of benzene rings is 1. The first-order valence-corrected chi connectivity index (χ1v) is 9.90. The van der Waals surface area contributed by atoms with E-state index in [1.54, 1.807) is 12.1 Å². The monoisotopic (exact) mass is 370 g/mol. The molecule has 9 heteroatoms. The second-order valence-corrected chi connectivity index (χ2v) is 8.23. The fourth-order valence-electron chi connectivity index (χ4n) is 2.66. The second-order valence-electron chi connectivity index (χ2n) is 5.81. The van der Waals surface area contributed by atoms with Crippen molar-refractivity contribution in [3.63, 3.8) is 0 Å². The van der Waals surface area contributed by atoms with Crippen molar-refractivity contribution in [2.75, 3.05) is 32.4 Å². The minimum atomic E-state index is -3.14. The van der Waals surface area contributed by atoms with Crippen molar-refractivity contribution in [2.24, 2.45) is 0 Å². The van der Waals surface area contributed by atoms with Crippen LogP contribution in [0.25, 0.3) is 11.4 Å². The molecule has 2 aromatic rings. The Labute approximate surface area is 146 Å². The highest BCUT2D eigenvalue weighted by Gasteiger charge is 2.22. The maximum Gasteiger partial charge on any atom is 0.241 e. The number of hydrogen-bond acceptors (Lipinski definition) is 6. The molecule has 130 valence electrons. The normalized spacial score (nSPS) is 17.8. The quantitative estimate of drug-likeness (QED) is 0.817. The summed E-state index contributed by atoms with van der Waals surface area (Å²) in [5.41, 5.74) is 0.841. The molecular formula is C15H19ClN4O3S. The lowest BCUT2D eigenvalue weighted by Crippen LogP contribution is -2.34. The molecule has 0 spiro atoms. The van der Waals surface area contributed by atoms with Crippen LogP contribution in [-0.4, -0.2) is 60.2 Å². The van der Waals surface area contributed by atoms with Gasteiger partial charge in [-0.2, -0.15) is 4.98 Å². The molecule has 24 heavy (non-hydrogen) atoms. The lowest BCUT2D eigenvalue weighted by Gasteiger charge is -2.18. The van der Waals surface area contributed by atoms with Crippen molar-refractivity contribution in [1.29, 1.82) is 0 Å². The fraction of sp³-hybridized carbons (Fsp3) is 0.467. The van der Waals surface area contributed by atoms with Crippen LogP contribution in [0.15, 0.2) is 28.8 Å². The Kier molecular flexibility index (Phi) is 5.19. The zero-order valence-corrected chi connectivity index (χ0v) is 14.9. The number of nitrogens with zero attached hydrogens (tertiary/aromatic N) is 4. The van der Waals surface area contributed by atoms with Gasteiger partial charge in [-0.15, -0.1) is 0 Å². The van der Waals surface area contributed by atoms with Crippen molar-refractivity contribution in [3.05, 3.63) is 35.2 Å². The Hall–Kier alpha value is -1.48. The SMILES string of the molecule is CS(=O)(=O)N1CCCN(Cc2nc(-c3ccc(Cl)cc3)no2)CC1. The van der Waals surface area contributed by atoms with Crippen LogP contribution < -0.4 is 0 Å². The topological polar surface area (TPSA) is 79.5 Å². The van der Waals surface area contributed by atoms with Gasteiger partial charge in [0.05, 0.1) is 12.8 Å². The van der Waals surface area contributed by atoms with E-state index in [-0.39, 0.29) is 0 Å². The van der Waals surface area contributed by atoms with Gasteiger partial charge in [0, 0.05) is 30.2 Å². The van der Waals surface area contributed by atoms with Gasteiger partial charge in [-0.1, -0.05) is 16.8 Å². The molecule has 0 bridgehead atoms. The van der Waals surface area contributed by atoms with Gasteiger partial charge in [0.15, 0.2) is 0 Å². The van der Waals surface area contributed by atoms with Gasteiger partial charge in [-0.05, 0) is 37.2 Å². The lowest BCUT2D eigenvalue weighted by atomic mass is 10.2. The molecule has 1 aliphatic rings. The molecule has 1 aliphatic heterocycles. The molecule has 2 heterocycles. The first kappa shape index (κ1) is 17.3. The van der Waals surface area contributed by atoms with Crippen molar-refractivity contribution in [2.45, 2.75) is 13.0 Å². The van der Waals surface area contributed by atoms with E-state index in [1.807, 2.05) is 12.1 Å². The number of aromatic nitrogens is 2. The highest BCUT2D eigenvalue weighted by atomic mass is 35.5. The molecule has 0 radical (unpaired) electrons. The molecular weight excluding hydrogens is 352 g/mol. The Balaban J connectivity index is 1.63. The summed E-state index contributed by atoms with van der Waals surface area (Å²) in [6.07, 6.45) is 2.03.